The summed E-state index contributed by atoms with van der Waals surface area (Å²) >= 11 is 2.89. The number of nitrogens with zero attached hydrogens (tertiary/aromatic N) is 1. The van der Waals surface area contributed by atoms with Crippen molar-refractivity contribution in [3.63, 3.8) is 0 Å². The van der Waals surface area contributed by atoms with Crippen LogP contribution in [0.4, 0.5) is 5.69 Å². The molecule has 5 nitrogen and oxygen atoms in total. The molecule has 140 valence electrons. The predicted octanol–water partition coefficient (Wildman–Crippen LogP) is 5.13. The molecule has 0 atom stereocenters. The van der Waals surface area contributed by atoms with Crippen LogP contribution in [0.1, 0.15) is 15.2 Å². The third kappa shape index (κ3) is 4.11. The maximum Gasteiger partial charge on any atom is 0.348 e. The van der Waals surface area contributed by atoms with Crippen molar-refractivity contribution in [3.05, 3.63) is 71.1 Å². The number of aryl methyl sites for hydroxylation is 1. The maximum absolute atomic E-state index is 12.3. The standard InChI is InChI=1S/C21H16N2O3S2/c1-13-6-8-14(9-7-13)22-19(24)12-26-21(25)18-11-10-17(27-18)20-23-15-4-2-3-5-16(15)28-20/h2-11H,12H2,1H3,(H,22,24). The fourth-order valence-electron chi connectivity index (χ4n) is 2.58. The molecular weight excluding hydrogens is 392 g/mol. The molecule has 0 aliphatic carbocycles. The number of benzene rings is 2. The van der Waals surface area contributed by atoms with Crippen molar-refractivity contribution in [1.29, 1.82) is 0 Å². The predicted molar refractivity (Wildman–Crippen MR) is 113 cm³/mol. The molecule has 2 heterocycles. The van der Waals surface area contributed by atoms with E-state index >= 15 is 0 Å². The lowest BCUT2D eigenvalue weighted by molar-refractivity contribution is -0.119. The molecule has 0 aliphatic rings. The van der Waals surface area contributed by atoms with Crippen molar-refractivity contribution < 1.29 is 14.3 Å². The highest BCUT2D eigenvalue weighted by molar-refractivity contribution is 7.26. The van der Waals surface area contributed by atoms with Crippen LogP contribution in [0.3, 0.4) is 0 Å². The SMILES string of the molecule is Cc1ccc(NC(=O)COC(=O)c2ccc(-c3nc4ccccc4s3)s2)cc1. The van der Waals surface area contributed by atoms with Crippen LogP contribution in [0, 0.1) is 6.92 Å². The molecule has 0 bridgehead atoms. The number of para-hydroxylation sites is 1. The second kappa shape index (κ2) is 7.92. The lowest BCUT2D eigenvalue weighted by Crippen LogP contribution is -2.20. The number of ether oxygens (including phenoxy) is 1. The molecule has 4 rings (SSSR count). The zero-order valence-corrected chi connectivity index (χ0v) is 16.6. The molecular formula is C21H16N2O3S2. The van der Waals surface area contributed by atoms with Crippen LogP contribution < -0.4 is 5.32 Å². The number of nitrogens with one attached hydrogen (secondary N) is 1. The van der Waals surface area contributed by atoms with Gasteiger partial charge in [0.25, 0.3) is 5.91 Å². The molecule has 0 aliphatic heterocycles. The van der Waals surface area contributed by atoms with E-state index < -0.39 is 5.97 Å². The maximum atomic E-state index is 12.3. The van der Waals surface area contributed by atoms with Crippen molar-refractivity contribution in [3.8, 4) is 9.88 Å². The summed E-state index contributed by atoms with van der Waals surface area (Å²) in [5.74, 6) is -0.892. The number of amides is 1. The summed E-state index contributed by atoms with van der Waals surface area (Å²) in [6.45, 7) is 1.64. The fraction of sp³-hybridized carbons (Fsp3) is 0.0952. The van der Waals surface area contributed by atoms with Gasteiger partial charge in [0.1, 0.15) is 9.88 Å². The van der Waals surface area contributed by atoms with E-state index in [0.29, 0.717) is 10.6 Å². The van der Waals surface area contributed by atoms with E-state index in [1.165, 1.54) is 11.3 Å². The number of hydrogen-bond donors (Lipinski definition) is 1. The van der Waals surface area contributed by atoms with Gasteiger partial charge in [-0.1, -0.05) is 29.8 Å². The quantitative estimate of drug-likeness (QED) is 0.465. The molecule has 0 saturated carbocycles. The van der Waals surface area contributed by atoms with E-state index in [1.54, 1.807) is 29.5 Å². The van der Waals surface area contributed by atoms with E-state index in [2.05, 4.69) is 10.3 Å². The molecule has 1 amide bonds. The van der Waals surface area contributed by atoms with Gasteiger partial charge in [-0.15, -0.1) is 22.7 Å². The fourth-order valence-corrected chi connectivity index (χ4v) is 4.50. The molecule has 0 spiro atoms. The average molecular weight is 409 g/mol. The zero-order chi connectivity index (χ0) is 19.5. The number of aromatic nitrogens is 1. The first-order chi connectivity index (χ1) is 13.6. The van der Waals surface area contributed by atoms with Crippen LogP contribution in [-0.4, -0.2) is 23.5 Å². The first-order valence-corrected chi connectivity index (χ1v) is 10.2. The number of anilines is 1. The Kier molecular flexibility index (Phi) is 5.18. The van der Waals surface area contributed by atoms with Gasteiger partial charge in [0, 0.05) is 5.69 Å². The van der Waals surface area contributed by atoms with Gasteiger partial charge in [-0.05, 0) is 43.3 Å². The lowest BCUT2D eigenvalue weighted by atomic mass is 10.2. The third-order valence-electron chi connectivity index (χ3n) is 3.98. The Hall–Kier alpha value is -3.03. The highest BCUT2D eigenvalue weighted by atomic mass is 32.1. The average Bonchev–Trinajstić information content (AvgIpc) is 3.35. The monoisotopic (exact) mass is 408 g/mol. The molecule has 2 aromatic carbocycles. The van der Waals surface area contributed by atoms with Crippen molar-refractivity contribution >= 4 is 50.5 Å². The number of esters is 1. The molecule has 0 saturated heterocycles. The first kappa shape index (κ1) is 18.3. The van der Waals surface area contributed by atoms with Gasteiger partial charge >= 0.3 is 5.97 Å². The minimum atomic E-state index is -0.517. The Morgan fingerprint density at radius 2 is 1.79 bits per heavy atom. The minimum absolute atomic E-state index is 0.332. The second-order valence-electron chi connectivity index (χ2n) is 6.14. The summed E-state index contributed by atoms with van der Waals surface area (Å²) in [4.78, 5) is 30.2. The number of carbonyl (C=O) groups excluding carboxylic acids is 2. The summed E-state index contributed by atoms with van der Waals surface area (Å²) in [5, 5.41) is 3.56. The van der Waals surface area contributed by atoms with E-state index in [-0.39, 0.29) is 12.5 Å². The Balaban J connectivity index is 1.37. The number of hydrogen-bond acceptors (Lipinski definition) is 6. The summed E-state index contributed by atoms with van der Waals surface area (Å²) in [7, 11) is 0. The smallest absolute Gasteiger partial charge is 0.348 e. The molecule has 4 aromatic rings. The van der Waals surface area contributed by atoms with Crippen molar-refractivity contribution in [2.45, 2.75) is 6.92 Å². The molecule has 7 heteroatoms. The Morgan fingerprint density at radius 1 is 1.00 bits per heavy atom. The van der Waals surface area contributed by atoms with Crippen molar-refractivity contribution in [2.24, 2.45) is 0 Å². The minimum Gasteiger partial charge on any atom is -0.451 e. The molecule has 2 aromatic heterocycles. The molecule has 0 unspecified atom stereocenters. The number of thiophene rings is 1. The summed E-state index contributed by atoms with van der Waals surface area (Å²) in [6.07, 6.45) is 0. The van der Waals surface area contributed by atoms with Crippen LogP contribution in [0.5, 0.6) is 0 Å². The second-order valence-corrected chi connectivity index (χ2v) is 8.26. The van der Waals surface area contributed by atoms with Gasteiger partial charge < -0.3 is 10.1 Å². The van der Waals surface area contributed by atoms with E-state index in [4.69, 9.17) is 4.74 Å². The Bertz CT molecular complexity index is 1110. The van der Waals surface area contributed by atoms with Gasteiger partial charge in [-0.2, -0.15) is 0 Å². The van der Waals surface area contributed by atoms with E-state index in [9.17, 15) is 9.59 Å². The third-order valence-corrected chi connectivity index (χ3v) is 6.25. The topological polar surface area (TPSA) is 68.3 Å². The van der Waals surface area contributed by atoms with Gasteiger partial charge in [0.15, 0.2) is 6.61 Å². The van der Waals surface area contributed by atoms with Gasteiger partial charge in [0.2, 0.25) is 0 Å². The normalized spacial score (nSPS) is 10.8. The van der Waals surface area contributed by atoms with E-state index in [0.717, 1.165) is 25.7 Å². The molecule has 0 radical (unpaired) electrons. The number of carbonyl (C=O) groups is 2. The summed E-state index contributed by atoms with van der Waals surface area (Å²) in [6, 6.07) is 18.9. The molecule has 0 fully saturated rings. The molecule has 28 heavy (non-hydrogen) atoms. The Labute approximate surface area is 169 Å². The van der Waals surface area contributed by atoms with Crippen molar-refractivity contribution in [1.82, 2.24) is 4.98 Å². The Morgan fingerprint density at radius 3 is 2.57 bits per heavy atom. The molecule has 1 N–H and O–H groups in total. The van der Waals surface area contributed by atoms with E-state index in [1.807, 2.05) is 49.4 Å². The number of thiazole rings is 1. The lowest BCUT2D eigenvalue weighted by Gasteiger charge is -2.06. The first-order valence-electron chi connectivity index (χ1n) is 8.58. The number of fused-ring (bicyclic) bond motifs is 1. The zero-order valence-electron chi connectivity index (χ0n) is 15.0. The van der Waals surface area contributed by atoms with Gasteiger partial charge in [-0.25, -0.2) is 9.78 Å². The highest BCUT2D eigenvalue weighted by Crippen LogP contribution is 2.34. The van der Waals surface area contributed by atoms with Crippen LogP contribution in [-0.2, 0) is 9.53 Å². The highest BCUT2D eigenvalue weighted by Gasteiger charge is 2.15. The van der Waals surface area contributed by atoms with Gasteiger partial charge in [-0.3, -0.25) is 4.79 Å². The van der Waals surface area contributed by atoms with Crippen molar-refractivity contribution in [2.75, 3.05) is 11.9 Å². The van der Waals surface area contributed by atoms with Gasteiger partial charge in [0.05, 0.1) is 15.1 Å². The largest absolute Gasteiger partial charge is 0.451 e. The summed E-state index contributed by atoms with van der Waals surface area (Å²) in [5.41, 5.74) is 2.71. The number of rotatable bonds is 5. The van der Waals surface area contributed by atoms with Crippen LogP contribution in [0.25, 0.3) is 20.1 Å². The summed E-state index contributed by atoms with van der Waals surface area (Å²) < 4.78 is 6.24. The van der Waals surface area contributed by atoms with Crippen LogP contribution >= 0.6 is 22.7 Å². The van der Waals surface area contributed by atoms with Crippen LogP contribution in [0.2, 0.25) is 0 Å². The van der Waals surface area contributed by atoms with Crippen LogP contribution in [0.15, 0.2) is 60.7 Å².